The predicted octanol–water partition coefficient (Wildman–Crippen LogP) is 1.96. The summed E-state index contributed by atoms with van der Waals surface area (Å²) in [5.41, 5.74) is 0.425. The van der Waals surface area contributed by atoms with Crippen molar-refractivity contribution >= 4 is 11.9 Å². The molecule has 7 heteroatoms. The molecule has 3 amide bonds. The summed E-state index contributed by atoms with van der Waals surface area (Å²) in [5, 5.41) is 13.7. The Balaban J connectivity index is 2.76. The van der Waals surface area contributed by atoms with Crippen LogP contribution in [0.4, 0.5) is 4.79 Å². The van der Waals surface area contributed by atoms with Crippen molar-refractivity contribution in [2.75, 3.05) is 6.61 Å². The van der Waals surface area contributed by atoms with E-state index in [9.17, 15) is 9.59 Å². The number of imide groups is 1. The summed E-state index contributed by atoms with van der Waals surface area (Å²) in [6.07, 6.45) is -0.903. The fourth-order valence-corrected chi connectivity index (χ4v) is 1.70. The van der Waals surface area contributed by atoms with Crippen molar-refractivity contribution < 1.29 is 19.1 Å². The first-order valence-electron chi connectivity index (χ1n) is 7.32. The molecule has 23 heavy (non-hydrogen) atoms. The third-order valence-corrected chi connectivity index (χ3v) is 2.70. The molecular formula is C16H21N3O4. The minimum atomic E-state index is -0.903. The van der Waals surface area contributed by atoms with Gasteiger partial charge in [-0.2, -0.15) is 5.26 Å². The van der Waals surface area contributed by atoms with E-state index in [1.807, 2.05) is 6.07 Å². The van der Waals surface area contributed by atoms with Gasteiger partial charge < -0.3 is 14.8 Å². The molecule has 0 heterocycles. The lowest BCUT2D eigenvalue weighted by molar-refractivity contribution is -0.126. The smallest absolute Gasteiger partial charge is 0.321 e. The SMILES string of the molecule is CCOc1cc(C#N)ccc1O[C@H](C)C(=O)NC(=O)NC(C)C. The molecule has 124 valence electrons. The number of benzene rings is 1. The minimum Gasteiger partial charge on any atom is -0.490 e. The largest absolute Gasteiger partial charge is 0.490 e. The molecule has 0 spiro atoms. The van der Waals surface area contributed by atoms with Crippen LogP contribution in [-0.4, -0.2) is 30.7 Å². The zero-order valence-corrected chi connectivity index (χ0v) is 13.7. The third-order valence-electron chi connectivity index (χ3n) is 2.70. The summed E-state index contributed by atoms with van der Waals surface area (Å²) in [6.45, 7) is 7.29. The molecule has 0 aromatic heterocycles. The molecule has 0 aliphatic heterocycles. The lowest BCUT2D eigenvalue weighted by atomic mass is 10.2. The van der Waals surface area contributed by atoms with Crippen LogP contribution in [0.25, 0.3) is 0 Å². The van der Waals surface area contributed by atoms with Crippen molar-refractivity contribution in [1.29, 1.82) is 5.26 Å². The zero-order chi connectivity index (χ0) is 17.4. The second kappa shape index (κ2) is 8.63. The Kier molecular flexibility index (Phi) is 6.87. The van der Waals surface area contributed by atoms with Crippen LogP contribution in [-0.2, 0) is 4.79 Å². The van der Waals surface area contributed by atoms with Crippen molar-refractivity contribution in [1.82, 2.24) is 10.6 Å². The normalized spacial score (nSPS) is 11.3. The van der Waals surface area contributed by atoms with Crippen molar-refractivity contribution in [3.05, 3.63) is 23.8 Å². The van der Waals surface area contributed by atoms with Crippen LogP contribution in [0.15, 0.2) is 18.2 Å². The van der Waals surface area contributed by atoms with Crippen LogP contribution in [0.5, 0.6) is 11.5 Å². The van der Waals surface area contributed by atoms with E-state index in [0.717, 1.165) is 0 Å². The Labute approximate surface area is 135 Å². The Morgan fingerprint density at radius 2 is 1.96 bits per heavy atom. The number of nitriles is 1. The first kappa shape index (κ1) is 18.3. The zero-order valence-electron chi connectivity index (χ0n) is 13.7. The maximum Gasteiger partial charge on any atom is 0.321 e. The highest BCUT2D eigenvalue weighted by Gasteiger charge is 2.19. The summed E-state index contributed by atoms with van der Waals surface area (Å²) in [4.78, 5) is 23.5. The molecule has 0 fully saturated rings. The number of amides is 3. The van der Waals surface area contributed by atoms with Gasteiger partial charge in [0.1, 0.15) is 0 Å². The number of carbonyl (C=O) groups excluding carboxylic acids is 2. The first-order chi connectivity index (χ1) is 10.9. The summed E-state index contributed by atoms with van der Waals surface area (Å²) < 4.78 is 10.9. The van der Waals surface area contributed by atoms with Crippen molar-refractivity contribution in [2.45, 2.75) is 39.8 Å². The predicted molar refractivity (Wildman–Crippen MR) is 84.2 cm³/mol. The Hall–Kier alpha value is -2.75. The molecular weight excluding hydrogens is 298 g/mol. The summed E-state index contributed by atoms with van der Waals surface area (Å²) >= 11 is 0. The van der Waals surface area contributed by atoms with Crippen LogP contribution in [0, 0.1) is 11.3 Å². The van der Waals surface area contributed by atoms with Gasteiger partial charge in [-0.3, -0.25) is 10.1 Å². The summed E-state index contributed by atoms with van der Waals surface area (Å²) in [5.74, 6) is 0.130. The lowest BCUT2D eigenvalue weighted by Crippen LogP contribution is -2.47. The number of urea groups is 1. The summed E-state index contributed by atoms with van der Waals surface area (Å²) in [7, 11) is 0. The average molecular weight is 319 g/mol. The number of nitrogens with one attached hydrogen (secondary N) is 2. The Morgan fingerprint density at radius 1 is 1.26 bits per heavy atom. The molecule has 1 atom stereocenters. The van der Waals surface area contributed by atoms with Crippen LogP contribution in [0.2, 0.25) is 0 Å². The molecule has 1 aromatic carbocycles. The van der Waals surface area contributed by atoms with E-state index in [1.165, 1.54) is 13.0 Å². The van der Waals surface area contributed by atoms with Crippen LogP contribution < -0.4 is 20.1 Å². The van der Waals surface area contributed by atoms with E-state index in [1.54, 1.807) is 32.9 Å². The highest BCUT2D eigenvalue weighted by molar-refractivity contribution is 5.96. The second-order valence-corrected chi connectivity index (χ2v) is 5.08. The second-order valence-electron chi connectivity index (χ2n) is 5.08. The van der Waals surface area contributed by atoms with Gasteiger partial charge >= 0.3 is 6.03 Å². The van der Waals surface area contributed by atoms with Gasteiger partial charge in [-0.15, -0.1) is 0 Å². The Morgan fingerprint density at radius 3 is 2.52 bits per heavy atom. The van der Waals surface area contributed by atoms with E-state index in [2.05, 4.69) is 10.6 Å². The van der Waals surface area contributed by atoms with E-state index >= 15 is 0 Å². The molecule has 0 unspecified atom stereocenters. The number of hydrogen-bond acceptors (Lipinski definition) is 5. The minimum absolute atomic E-state index is 0.0814. The van der Waals surface area contributed by atoms with Crippen molar-refractivity contribution in [2.24, 2.45) is 0 Å². The van der Waals surface area contributed by atoms with Gasteiger partial charge in [0.15, 0.2) is 17.6 Å². The number of hydrogen-bond donors (Lipinski definition) is 2. The number of rotatable bonds is 6. The molecule has 1 aromatic rings. The molecule has 0 saturated carbocycles. The van der Waals surface area contributed by atoms with E-state index in [0.29, 0.717) is 23.7 Å². The molecule has 0 aliphatic carbocycles. The van der Waals surface area contributed by atoms with Crippen LogP contribution >= 0.6 is 0 Å². The highest BCUT2D eigenvalue weighted by atomic mass is 16.5. The molecule has 0 radical (unpaired) electrons. The maximum atomic E-state index is 11.9. The van der Waals surface area contributed by atoms with E-state index in [-0.39, 0.29) is 6.04 Å². The van der Waals surface area contributed by atoms with Gasteiger partial charge in [-0.05, 0) is 39.8 Å². The van der Waals surface area contributed by atoms with Gasteiger partial charge in [-0.1, -0.05) is 0 Å². The first-order valence-corrected chi connectivity index (χ1v) is 7.32. The fraction of sp³-hybridized carbons (Fsp3) is 0.438. The van der Waals surface area contributed by atoms with Gasteiger partial charge in [0.2, 0.25) is 0 Å². The van der Waals surface area contributed by atoms with Crippen molar-refractivity contribution in [3.8, 4) is 17.6 Å². The number of nitrogens with zero attached hydrogens (tertiary/aromatic N) is 1. The monoisotopic (exact) mass is 319 g/mol. The van der Waals surface area contributed by atoms with Gasteiger partial charge in [0, 0.05) is 12.1 Å². The van der Waals surface area contributed by atoms with Gasteiger partial charge in [0.25, 0.3) is 5.91 Å². The van der Waals surface area contributed by atoms with Crippen LogP contribution in [0.3, 0.4) is 0 Å². The molecule has 0 aliphatic rings. The number of carbonyl (C=O) groups is 2. The standard InChI is InChI=1S/C16H21N3O4/c1-5-22-14-8-12(9-17)6-7-13(14)23-11(4)15(20)19-16(21)18-10(2)3/h6-8,10-11H,5H2,1-4H3,(H2,18,19,20,21)/t11-/m1/s1. The summed E-state index contributed by atoms with van der Waals surface area (Å²) in [6, 6.07) is 6.00. The molecule has 7 nitrogen and oxygen atoms in total. The topological polar surface area (TPSA) is 100 Å². The molecule has 1 rings (SSSR count). The third kappa shape index (κ3) is 5.87. The molecule has 0 bridgehead atoms. The quantitative estimate of drug-likeness (QED) is 0.835. The molecule has 2 N–H and O–H groups in total. The fourth-order valence-electron chi connectivity index (χ4n) is 1.70. The Bertz CT molecular complexity index is 608. The van der Waals surface area contributed by atoms with Gasteiger partial charge in [0.05, 0.1) is 18.2 Å². The van der Waals surface area contributed by atoms with E-state index in [4.69, 9.17) is 14.7 Å². The average Bonchev–Trinajstić information content (AvgIpc) is 2.48. The number of ether oxygens (including phenoxy) is 2. The molecule has 0 saturated heterocycles. The lowest BCUT2D eigenvalue weighted by Gasteiger charge is -2.17. The van der Waals surface area contributed by atoms with Crippen molar-refractivity contribution in [3.63, 3.8) is 0 Å². The van der Waals surface area contributed by atoms with Gasteiger partial charge in [-0.25, -0.2) is 4.79 Å². The maximum absolute atomic E-state index is 11.9. The van der Waals surface area contributed by atoms with E-state index < -0.39 is 18.0 Å². The highest BCUT2D eigenvalue weighted by Crippen LogP contribution is 2.29. The van der Waals surface area contributed by atoms with Crippen LogP contribution in [0.1, 0.15) is 33.3 Å².